The van der Waals surface area contributed by atoms with Crippen molar-refractivity contribution < 1.29 is 5.03 Å². The van der Waals surface area contributed by atoms with Gasteiger partial charge in [-0.2, -0.15) is 0 Å². The Bertz CT molecular complexity index is 27.9. The Morgan fingerprint density at radius 2 is 1.80 bits per heavy atom. The molecule has 5 heavy (non-hydrogen) atoms. The summed E-state index contributed by atoms with van der Waals surface area (Å²) in [6.07, 6.45) is 0. The van der Waals surface area contributed by atoms with Crippen LogP contribution in [0.1, 0.15) is 0 Å². The highest BCUT2D eigenvalue weighted by atomic mass is 16.7. The Morgan fingerprint density at radius 1 is 1.80 bits per heavy atom. The molecule has 0 aliphatic heterocycles. The van der Waals surface area contributed by atoms with E-state index in [1.165, 1.54) is 0 Å². The third kappa shape index (κ3) is 6.03. The quantitative estimate of drug-likeness (QED) is 0.339. The van der Waals surface area contributed by atoms with Crippen LogP contribution in [-0.4, -0.2) is 5.03 Å². The molecule has 0 aromatic rings. The first-order valence-corrected chi connectivity index (χ1v) is 0.589. The fourth-order valence-electron chi connectivity index (χ4n) is 0. The second kappa shape index (κ2) is 3.16. The smallest absolute Gasteiger partial charge is 0.0151 e. The van der Waals surface area contributed by atoms with E-state index in [1.54, 1.807) is 0 Å². The molecule has 0 radical (unpaired) electrons. The van der Waals surface area contributed by atoms with Crippen LogP contribution in [-0.2, 0) is 0 Å². The van der Waals surface area contributed by atoms with Crippen LogP contribution in [0.15, 0.2) is 0 Å². The van der Waals surface area contributed by atoms with Crippen molar-refractivity contribution in [3.05, 3.63) is 16.0 Å². The molecule has 0 saturated heterocycles. The Morgan fingerprint density at radius 3 is 1.80 bits per heavy atom. The van der Waals surface area contributed by atoms with Crippen molar-refractivity contribution in [3.8, 4) is 0 Å². The zero-order valence-electron chi connectivity index (χ0n) is 2.76. The Balaban J connectivity index is 0. The molecule has 0 amide bonds. The van der Waals surface area contributed by atoms with Gasteiger partial charge in [-0.25, -0.2) is 0 Å². The van der Waals surface area contributed by atoms with Gasteiger partial charge in [0.05, 0.1) is 0 Å². The molecule has 5 N–H and O–H groups in total. The normalized spacial score (nSPS) is 4.80. The number of rotatable bonds is 0. The molecule has 0 aliphatic carbocycles. The van der Waals surface area contributed by atoms with Crippen LogP contribution in [0.5, 0.6) is 0 Å². The number of nitrogens with one attached hydrogen (secondary N) is 1. The lowest BCUT2D eigenvalue weighted by molar-refractivity contribution is -0.403. The van der Waals surface area contributed by atoms with Gasteiger partial charge in [0.1, 0.15) is 0 Å². The monoisotopic (exact) mass is 79.0 g/mol. The number of nitrogens with zero attached hydrogens (tertiary/aromatic N) is 1. The van der Waals surface area contributed by atoms with E-state index >= 15 is 0 Å². The lowest BCUT2D eigenvalue weighted by Crippen LogP contribution is -1.70. The summed E-state index contributed by atoms with van der Waals surface area (Å²) in [4.78, 5) is 8.47. The molecule has 0 atom stereocenters. The molecule has 0 saturated carbocycles. The average molecular weight is 79.1 g/mol. The Labute approximate surface area is 28.5 Å². The van der Waals surface area contributed by atoms with Gasteiger partial charge >= 0.3 is 0 Å². The van der Waals surface area contributed by atoms with Crippen LogP contribution in [0.25, 0.3) is 5.84 Å². The maximum atomic E-state index is 8.47. The second-order valence-corrected chi connectivity index (χ2v) is 0.257. The van der Waals surface area contributed by atoms with Crippen LogP contribution < -0.4 is 6.15 Å². The first-order valence-electron chi connectivity index (χ1n) is 0.589. The van der Waals surface area contributed by atoms with Crippen molar-refractivity contribution in [1.82, 2.24) is 6.15 Å². The summed E-state index contributed by atoms with van der Waals surface area (Å²) in [5.74, 6) is 5.31. The zero-order valence-corrected chi connectivity index (χ0v) is 2.76. The summed E-state index contributed by atoms with van der Waals surface area (Å²) >= 11 is 0. The van der Waals surface area contributed by atoms with Gasteiger partial charge in [-0.05, 0) is 5.03 Å². The summed E-state index contributed by atoms with van der Waals surface area (Å²) in [5.41, 5.74) is 0. The highest BCUT2D eigenvalue weighted by Crippen LogP contribution is 1.50. The van der Waals surface area contributed by atoms with Crippen LogP contribution in [0.4, 0.5) is 0 Å². The number of hydrogen-bond acceptors (Lipinski definition) is 2. The Kier molecular flexibility index (Phi) is 5.63. The van der Waals surface area contributed by atoms with E-state index in [1.807, 2.05) is 0 Å². The molecule has 0 unspecified atom stereocenters. The topological polar surface area (TPSA) is 103 Å². The van der Waals surface area contributed by atoms with E-state index < -0.39 is 5.03 Å². The predicted molar refractivity (Wildman–Crippen MR) is 17.3 cm³/mol. The largest absolute Gasteiger partial charge is 0.393 e. The summed E-state index contributed by atoms with van der Waals surface area (Å²) in [6, 6.07) is 0. The molecule has 0 aromatic heterocycles. The van der Waals surface area contributed by atoms with Crippen molar-refractivity contribution in [2.24, 2.45) is 0 Å². The van der Waals surface area contributed by atoms with Gasteiger partial charge in [-0.1, -0.05) is 0 Å². The van der Waals surface area contributed by atoms with Crippen molar-refractivity contribution in [2.45, 2.75) is 0 Å². The maximum absolute atomic E-state index is 8.47. The van der Waals surface area contributed by atoms with Crippen LogP contribution >= 0.6 is 0 Å². The SMILES string of the molecule is [NH-][N+](=O)[O-].[NH4+]. The molecular weight excluding hydrogens is 74.0 g/mol. The van der Waals surface area contributed by atoms with E-state index in [4.69, 9.17) is 16.0 Å². The zero-order chi connectivity index (χ0) is 3.58. The first-order chi connectivity index (χ1) is 1.73. The molecule has 0 heterocycles. The minimum absolute atomic E-state index is 0. The van der Waals surface area contributed by atoms with Gasteiger partial charge in [-0.15, -0.1) is 0 Å². The first kappa shape index (κ1) is 8.90. The van der Waals surface area contributed by atoms with Gasteiger partial charge in [0.2, 0.25) is 0 Å². The summed E-state index contributed by atoms with van der Waals surface area (Å²) in [5, 5.41) is 7.22. The standard InChI is InChI=1S/HN2O2.H3N/c1-2(3)4;/h1H;1H3/q-1;/p+1. The predicted octanol–water partition coefficient (Wildman–Crippen LogP) is 0.607. The number of nitro groups is 1. The molecular formula is H5N3O2. The van der Waals surface area contributed by atoms with Gasteiger partial charge in [-0.3, -0.25) is 10.1 Å². The van der Waals surface area contributed by atoms with Gasteiger partial charge in [0, 0.05) is 0 Å². The van der Waals surface area contributed by atoms with Gasteiger partial charge < -0.3 is 12.0 Å². The van der Waals surface area contributed by atoms with Crippen molar-refractivity contribution in [1.29, 1.82) is 0 Å². The molecule has 5 heteroatoms. The lowest BCUT2D eigenvalue weighted by Gasteiger charge is -1.76. The van der Waals surface area contributed by atoms with Crippen LogP contribution in [0, 0.1) is 10.1 Å². The van der Waals surface area contributed by atoms with Crippen LogP contribution in [0.2, 0.25) is 0 Å². The third-order valence-corrected chi connectivity index (χ3v) is 0. The van der Waals surface area contributed by atoms with E-state index in [2.05, 4.69) is 0 Å². The summed E-state index contributed by atoms with van der Waals surface area (Å²) in [6.45, 7) is 0. The number of hydrogen-bond donors (Lipinski definition) is 1. The highest BCUT2D eigenvalue weighted by molar-refractivity contribution is 4.03. The van der Waals surface area contributed by atoms with E-state index in [9.17, 15) is 0 Å². The van der Waals surface area contributed by atoms with Crippen molar-refractivity contribution in [3.63, 3.8) is 0 Å². The highest BCUT2D eigenvalue weighted by Gasteiger charge is 1.42. The molecule has 0 aromatic carbocycles. The lowest BCUT2D eigenvalue weighted by atomic mass is 12.8. The summed E-state index contributed by atoms with van der Waals surface area (Å²) in [7, 11) is 0. The summed E-state index contributed by atoms with van der Waals surface area (Å²) < 4.78 is 0. The minimum Gasteiger partial charge on any atom is -0.393 e. The van der Waals surface area contributed by atoms with E-state index in [0.29, 0.717) is 0 Å². The molecule has 32 valence electrons. The molecule has 0 bridgehead atoms. The van der Waals surface area contributed by atoms with Gasteiger partial charge in [0.25, 0.3) is 0 Å². The van der Waals surface area contributed by atoms with Crippen LogP contribution in [0.3, 0.4) is 0 Å². The fourth-order valence-corrected chi connectivity index (χ4v) is 0. The minimum atomic E-state index is -1.25. The number of quaternary nitrogens is 1. The van der Waals surface area contributed by atoms with Crippen molar-refractivity contribution >= 4 is 0 Å². The van der Waals surface area contributed by atoms with E-state index in [0.717, 1.165) is 0 Å². The fraction of sp³-hybridized carbons (Fsp3) is 0. The third-order valence-electron chi connectivity index (χ3n) is 0. The average Bonchev–Trinajstić information content (AvgIpc) is 0.811. The van der Waals surface area contributed by atoms with Crippen molar-refractivity contribution in [2.75, 3.05) is 0 Å². The van der Waals surface area contributed by atoms with E-state index in [-0.39, 0.29) is 6.15 Å². The van der Waals surface area contributed by atoms with Gasteiger partial charge in [0.15, 0.2) is 0 Å². The molecule has 0 spiro atoms. The molecule has 0 fully saturated rings. The molecule has 5 nitrogen and oxygen atoms in total. The molecule has 0 rings (SSSR count). The second-order valence-electron chi connectivity index (χ2n) is 0.257. The molecule has 0 aliphatic rings. The maximum Gasteiger partial charge on any atom is -0.0151 e. The Hall–Kier alpha value is -0.840.